The van der Waals surface area contributed by atoms with Crippen LogP contribution in [0, 0.1) is 13.8 Å². The Hall–Kier alpha value is -3.35. The maximum atomic E-state index is 12.6. The number of hydrogen-bond acceptors (Lipinski definition) is 6. The third-order valence-corrected chi connectivity index (χ3v) is 4.62. The summed E-state index contributed by atoms with van der Waals surface area (Å²) < 4.78 is 15.5. The van der Waals surface area contributed by atoms with Gasteiger partial charge in [-0.15, -0.1) is 0 Å². The highest BCUT2D eigenvalue weighted by Crippen LogP contribution is 2.17. The van der Waals surface area contributed by atoms with Gasteiger partial charge in [-0.1, -0.05) is 48.5 Å². The first kappa shape index (κ1) is 23.9. The van der Waals surface area contributed by atoms with Crippen LogP contribution in [-0.4, -0.2) is 41.8 Å². The third-order valence-electron chi connectivity index (χ3n) is 4.62. The average Bonchev–Trinajstić information content (AvgIpc) is 2.70. The van der Waals surface area contributed by atoms with Crippen LogP contribution in [0.15, 0.2) is 48.5 Å². The Morgan fingerprint density at radius 2 is 1.45 bits per heavy atom. The predicted octanol–water partition coefficient (Wildman–Crippen LogP) is 4.40. The average molecular weight is 427 g/mol. The molecule has 2 aromatic carbocycles. The Bertz CT molecular complexity index is 897. The second-order valence-corrected chi connectivity index (χ2v) is 8.13. The fourth-order valence-electron chi connectivity index (χ4n) is 2.91. The highest BCUT2D eigenvalue weighted by molar-refractivity contribution is 5.92. The van der Waals surface area contributed by atoms with Crippen molar-refractivity contribution in [3.05, 3.63) is 70.8 Å². The molecule has 0 aliphatic heterocycles. The molecular formula is C24H29NO6. The van der Waals surface area contributed by atoms with Crippen molar-refractivity contribution in [2.24, 2.45) is 0 Å². The van der Waals surface area contributed by atoms with Gasteiger partial charge in [0, 0.05) is 5.54 Å². The lowest BCUT2D eigenvalue weighted by molar-refractivity contribution is -0.147. The molecule has 2 aromatic rings. The quantitative estimate of drug-likeness (QED) is 0.481. The van der Waals surface area contributed by atoms with Gasteiger partial charge in [0.05, 0.1) is 5.56 Å². The molecule has 1 amide bonds. The number of nitrogens with zero attached hydrogens (tertiary/aromatic N) is 1. The Morgan fingerprint density at radius 1 is 0.839 bits per heavy atom. The summed E-state index contributed by atoms with van der Waals surface area (Å²) in [7, 11) is 0. The molecule has 0 aromatic heterocycles. The molecule has 0 spiro atoms. The van der Waals surface area contributed by atoms with Gasteiger partial charge in [0.15, 0.2) is 0 Å². The first-order valence-corrected chi connectivity index (χ1v) is 9.97. The van der Waals surface area contributed by atoms with Gasteiger partial charge in [-0.3, -0.25) is 9.69 Å². The molecule has 166 valence electrons. The van der Waals surface area contributed by atoms with Crippen molar-refractivity contribution in [1.82, 2.24) is 4.90 Å². The summed E-state index contributed by atoms with van der Waals surface area (Å²) in [6.45, 7) is 8.16. The summed E-state index contributed by atoms with van der Waals surface area (Å²) in [6, 6.07) is 14.7. The molecule has 2 rings (SSSR count). The SMILES string of the molecule is Cc1cccc(C)c1C(=O)OCOC(=O)N(CC(=O)OCc1ccccc1)C(C)(C)C. The predicted molar refractivity (Wildman–Crippen MR) is 115 cm³/mol. The van der Waals surface area contributed by atoms with Gasteiger partial charge >= 0.3 is 18.0 Å². The van der Waals surface area contributed by atoms with Crippen LogP contribution in [0.5, 0.6) is 0 Å². The molecule has 7 heteroatoms. The largest absolute Gasteiger partial charge is 0.459 e. The van der Waals surface area contributed by atoms with Crippen molar-refractivity contribution in [3.8, 4) is 0 Å². The van der Waals surface area contributed by atoms with Gasteiger partial charge in [-0.05, 0) is 51.3 Å². The minimum Gasteiger partial charge on any atom is -0.459 e. The van der Waals surface area contributed by atoms with Gasteiger partial charge in [0.2, 0.25) is 6.79 Å². The molecule has 7 nitrogen and oxygen atoms in total. The lowest BCUT2D eigenvalue weighted by atomic mass is 10.0. The van der Waals surface area contributed by atoms with E-state index in [9.17, 15) is 14.4 Å². The molecular weight excluding hydrogens is 398 g/mol. The molecule has 31 heavy (non-hydrogen) atoms. The van der Waals surface area contributed by atoms with Gasteiger partial charge in [0.1, 0.15) is 13.2 Å². The minimum absolute atomic E-state index is 0.111. The van der Waals surface area contributed by atoms with Crippen molar-refractivity contribution in [3.63, 3.8) is 0 Å². The van der Waals surface area contributed by atoms with Crippen molar-refractivity contribution in [2.45, 2.75) is 46.8 Å². The van der Waals surface area contributed by atoms with Crippen molar-refractivity contribution in [2.75, 3.05) is 13.3 Å². The van der Waals surface area contributed by atoms with Crippen LogP contribution in [0.2, 0.25) is 0 Å². The van der Waals surface area contributed by atoms with Gasteiger partial charge in [-0.25, -0.2) is 9.59 Å². The van der Waals surface area contributed by atoms with Crippen LogP contribution in [0.3, 0.4) is 0 Å². The Kier molecular flexibility index (Phi) is 8.19. The van der Waals surface area contributed by atoms with Crippen molar-refractivity contribution >= 4 is 18.0 Å². The van der Waals surface area contributed by atoms with Crippen LogP contribution >= 0.6 is 0 Å². The minimum atomic E-state index is -0.779. The number of amides is 1. The van der Waals surface area contributed by atoms with E-state index in [-0.39, 0.29) is 13.2 Å². The number of aryl methyl sites for hydroxylation is 2. The summed E-state index contributed by atoms with van der Waals surface area (Å²) in [6.07, 6.45) is -0.779. The van der Waals surface area contributed by atoms with E-state index in [4.69, 9.17) is 14.2 Å². The highest BCUT2D eigenvalue weighted by atomic mass is 16.7. The molecule has 0 heterocycles. The molecule has 0 saturated carbocycles. The molecule has 0 aliphatic rings. The molecule has 0 bridgehead atoms. The van der Waals surface area contributed by atoms with E-state index in [0.29, 0.717) is 5.56 Å². The smallest absolute Gasteiger partial charge is 0.413 e. The number of carbonyl (C=O) groups excluding carboxylic acids is 3. The monoisotopic (exact) mass is 427 g/mol. The number of benzene rings is 2. The zero-order valence-electron chi connectivity index (χ0n) is 18.6. The van der Waals surface area contributed by atoms with E-state index in [1.807, 2.05) is 36.4 Å². The van der Waals surface area contributed by atoms with Crippen LogP contribution in [0.25, 0.3) is 0 Å². The topological polar surface area (TPSA) is 82.1 Å². The molecule has 0 unspecified atom stereocenters. The summed E-state index contributed by atoms with van der Waals surface area (Å²) in [5.41, 5.74) is 2.12. The highest BCUT2D eigenvalue weighted by Gasteiger charge is 2.30. The summed E-state index contributed by atoms with van der Waals surface area (Å²) in [5, 5.41) is 0. The lowest BCUT2D eigenvalue weighted by Gasteiger charge is -2.33. The number of esters is 2. The van der Waals surface area contributed by atoms with Crippen molar-refractivity contribution in [1.29, 1.82) is 0 Å². The van der Waals surface area contributed by atoms with Crippen LogP contribution in [0.1, 0.15) is 47.8 Å². The fraction of sp³-hybridized carbons (Fsp3) is 0.375. The van der Waals surface area contributed by atoms with Gasteiger partial charge in [0.25, 0.3) is 0 Å². The Labute approximate surface area is 182 Å². The number of ether oxygens (including phenoxy) is 3. The van der Waals surface area contributed by atoms with Gasteiger partial charge < -0.3 is 14.2 Å². The van der Waals surface area contributed by atoms with Gasteiger partial charge in [-0.2, -0.15) is 0 Å². The first-order chi connectivity index (χ1) is 14.6. The summed E-state index contributed by atoms with van der Waals surface area (Å²) >= 11 is 0. The maximum absolute atomic E-state index is 12.6. The second kappa shape index (κ2) is 10.6. The van der Waals surface area contributed by atoms with E-state index in [1.165, 1.54) is 4.90 Å². The van der Waals surface area contributed by atoms with Crippen LogP contribution in [0.4, 0.5) is 4.79 Å². The molecule has 0 radical (unpaired) electrons. The number of rotatable bonds is 7. The van der Waals surface area contributed by atoms with E-state index in [0.717, 1.165) is 16.7 Å². The maximum Gasteiger partial charge on any atom is 0.413 e. The lowest BCUT2D eigenvalue weighted by Crippen LogP contribution is -2.49. The van der Waals surface area contributed by atoms with E-state index in [1.54, 1.807) is 46.8 Å². The number of carbonyl (C=O) groups is 3. The third kappa shape index (κ3) is 7.13. The Balaban J connectivity index is 1.91. The fourth-order valence-corrected chi connectivity index (χ4v) is 2.91. The number of hydrogen-bond donors (Lipinski definition) is 0. The molecule has 0 saturated heterocycles. The first-order valence-electron chi connectivity index (χ1n) is 9.97. The zero-order chi connectivity index (χ0) is 23.0. The summed E-state index contributed by atoms with van der Waals surface area (Å²) in [4.78, 5) is 38.4. The summed E-state index contributed by atoms with van der Waals surface area (Å²) in [5.74, 6) is -1.14. The Morgan fingerprint density at radius 3 is 2.03 bits per heavy atom. The standard InChI is InChI=1S/C24H29NO6/c1-17-10-9-11-18(2)21(17)22(27)30-16-31-23(28)25(24(3,4)5)14-20(26)29-15-19-12-7-6-8-13-19/h6-13H,14-16H2,1-5H3. The molecule has 0 N–H and O–H groups in total. The van der Waals surface area contributed by atoms with E-state index >= 15 is 0 Å². The van der Waals surface area contributed by atoms with Crippen molar-refractivity contribution < 1.29 is 28.6 Å². The van der Waals surface area contributed by atoms with E-state index in [2.05, 4.69) is 0 Å². The molecule has 0 fully saturated rings. The van der Waals surface area contributed by atoms with Crippen LogP contribution < -0.4 is 0 Å². The second-order valence-electron chi connectivity index (χ2n) is 8.13. The normalized spacial score (nSPS) is 10.9. The van der Waals surface area contributed by atoms with Crippen LogP contribution in [-0.2, 0) is 25.6 Å². The van der Waals surface area contributed by atoms with E-state index < -0.39 is 30.4 Å². The molecule has 0 aliphatic carbocycles. The molecule has 0 atom stereocenters. The zero-order valence-corrected chi connectivity index (χ0v) is 18.6.